The van der Waals surface area contributed by atoms with Crippen LogP contribution in [0.5, 0.6) is 0 Å². The van der Waals surface area contributed by atoms with Gasteiger partial charge in [0.2, 0.25) is 0 Å². The zero-order valence-corrected chi connectivity index (χ0v) is 9.25. The fourth-order valence-corrected chi connectivity index (χ4v) is 2.05. The third-order valence-electron chi connectivity index (χ3n) is 2.56. The van der Waals surface area contributed by atoms with Gasteiger partial charge in [0.05, 0.1) is 6.20 Å². The fraction of sp³-hybridized carbons (Fsp3) is 0.667. The van der Waals surface area contributed by atoms with Crippen LogP contribution >= 0.6 is 15.9 Å². The summed E-state index contributed by atoms with van der Waals surface area (Å²) in [5.41, 5.74) is 0. The van der Waals surface area contributed by atoms with Gasteiger partial charge in [-0.25, -0.2) is 4.98 Å². The van der Waals surface area contributed by atoms with Crippen LogP contribution in [-0.4, -0.2) is 29.5 Å². The Labute approximate surface area is 86.3 Å². The summed E-state index contributed by atoms with van der Waals surface area (Å²) in [4.78, 5) is 6.65. The van der Waals surface area contributed by atoms with Crippen molar-refractivity contribution in [3.8, 4) is 0 Å². The van der Waals surface area contributed by atoms with E-state index in [0.717, 1.165) is 23.6 Å². The summed E-state index contributed by atoms with van der Waals surface area (Å²) in [6.45, 7) is 5.57. The molecule has 4 heteroatoms. The molecule has 0 saturated carbocycles. The summed E-state index contributed by atoms with van der Waals surface area (Å²) >= 11 is 3.27. The minimum absolute atomic E-state index is 0.492. The molecule has 1 saturated heterocycles. The van der Waals surface area contributed by atoms with E-state index in [1.54, 1.807) is 6.20 Å². The molecule has 1 aliphatic rings. The second-order valence-corrected chi connectivity index (χ2v) is 4.16. The van der Waals surface area contributed by atoms with E-state index >= 15 is 0 Å². The van der Waals surface area contributed by atoms with Gasteiger partial charge in [-0.1, -0.05) is 6.92 Å². The average Bonchev–Trinajstić information content (AvgIpc) is 2.71. The molecule has 0 aliphatic carbocycles. The van der Waals surface area contributed by atoms with Crippen molar-refractivity contribution in [1.29, 1.82) is 0 Å². The SMILES string of the molecule is CCN1CCC(c2ncc(Br)o2)C1. The van der Waals surface area contributed by atoms with Crippen molar-refractivity contribution in [3.05, 3.63) is 16.8 Å². The molecule has 0 aromatic carbocycles. The Balaban J connectivity index is 2.03. The second-order valence-electron chi connectivity index (χ2n) is 3.38. The molecule has 1 unspecified atom stereocenters. The first kappa shape index (κ1) is 9.21. The number of hydrogen-bond acceptors (Lipinski definition) is 3. The summed E-state index contributed by atoms with van der Waals surface area (Å²) in [7, 11) is 0. The van der Waals surface area contributed by atoms with Crippen molar-refractivity contribution in [2.24, 2.45) is 0 Å². The smallest absolute Gasteiger partial charge is 0.200 e. The van der Waals surface area contributed by atoms with Crippen molar-refractivity contribution in [1.82, 2.24) is 9.88 Å². The third kappa shape index (κ3) is 1.94. The van der Waals surface area contributed by atoms with Gasteiger partial charge in [0.15, 0.2) is 10.6 Å². The zero-order chi connectivity index (χ0) is 9.26. The monoisotopic (exact) mass is 244 g/mol. The Kier molecular flexibility index (Phi) is 2.69. The zero-order valence-electron chi connectivity index (χ0n) is 7.66. The molecule has 1 aromatic rings. The molecule has 0 N–H and O–H groups in total. The lowest BCUT2D eigenvalue weighted by molar-refractivity contribution is 0.343. The Bertz CT molecular complexity index is 287. The van der Waals surface area contributed by atoms with E-state index in [2.05, 4.69) is 32.7 Å². The van der Waals surface area contributed by atoms with Gasteiger partial charge in [-0.2, -0.15) is 0 Å². The molecule has 3 nitrogen and oxygen atoms in total. The van der Waals surface area contributed by atoms with Gasteiger partial charge in [-0.15, -0.1) is 0 Å². The van der Waals surface area contributed by atoms with E-state index in [-0.39, 0.29) is 0 Å². The highest BCUT2D eigenvalue weighted by Gasteiger charge is 2.26. The normalized spacial score (nSPS) is 24.0. The minimum atomic E-state index is 0.492. The van der Waals surface area contributed by atoms with E-state index in [1.807, 2.05) is 0 Å². The van der Waals surface area contributed by atoms with E-state index in [4.69, 9.17) is 4.42 Å². The summed E-state index contributed by atoms with van der Waals surface area (Å²) in [6, 6.07) is 0. The number of halogens is 1. The highest BCUT2D eigenvalue weighted by Crippen LogP contribution is 2.27. The van der Waals surface area contributed by atoms with Gasteiger partial charge in [0.25, 0.3) is 0 Å². The van der Waals surface area contributed by atoms with Crippen LogP contribution in [-0.2, 0) is 0 Å². The maximum absolute atomic E-state index is 5.44. The summed E-state index contributed by atoms with van der Waals surface area (Å²) in [6.07, 6.45) is 2.89. The van der Waals surface area contributed by atoms with Crippen molar-refractivity contribution in [2.45, 2.75) is 19.3 Å². The van der Waals surface area contributed by atoms with Gasteiger partial charge in [0.1, 0.15) is 0 Å². The highest BCUT2D eigenvalue weighted by molar-refractivity contribution is 9.10. The van der Waals surface area contributed by atoms with Crippen molar-refractivity contribution in [3.63, 3.8) is 0 Å². The maximum Gasteiger partial charge on any atom is 0.200 e. The number of likely N-dealkylation sites (tertiary alicyclic amines) is 1. The molecule has 0 spiro atoms. The third-order valence-corrected chi connectivity index (χ3v) is 2.93. The van der Waals surface area contributed by atoms with Crippen molar-refractivity contribution < 1.29 is 4.42 Å². The topological polar surface area (TPSA) is 29.3 Å². The molecule has 13 heavy (non-hydrogen) atoms. The van der Waals surface area contributed by atoms with Crippen molar-refractivity contribution >= 4 is 15.9 Å². The van der Waals surface area contributed by atoms with Gasteiger partial charge >= 0.3 is 0 Å². The van der Waals surface area contributed by atoms with Gasteiger partial charge in [-0.3, -0.25) is 0 Å². The van der Waals surface area contributed by atoms with Crippen LogP contribution < -0.4 is 0 Å². The van der Waals surface area contributed by atoms with Crippen LogP contribution in [0.4, 0.5) is 0 Å². The Morgan fingerprint density at radius 1 is 1.77 bits per heavy atom. The Morgan fingerprint density at radius 2 is 2.62 bits per heavy atom. The molecule has 2 heterocycles. The van der Waals surface area contributed by atoms with Gasteiger partial charge in [-0.05, 0) is 35.4 Å². The van der Waals surface area contributed by atoms with E-state index in [9.17, 15) is 0 Å². The standard InChI is InChI=1S/C9H13BrN2O/c1-2-12-4-3-7(6-12)9-11-5-8(10)13-9/h5,7H,2-4,6H2,1H3. The number of nitrogens with zero attached hydrogens (tertiary/aromatic N) is 2. The predicted molar refractivity (Wildman–Crippen MR) is 53.7 cm³/mol. The quantitative estimate of drug-likeness (QED) is 0.800. The lowest BCUT2D eigenvalue weighted by Gasteiger charge is -2.10. The van der Waals surface area contributed by atoms with Gasteiger partial charge in [0, 0.05) is 12.5 Å². The Morgan fingerprint density at radius 3 is 3.15 bits per heavy atom. The lowest BCUT2D eigenvalue weighted by Crippen LogP contribution is -2.19. The van der Waals surface area contributed by atoms with E-state index in [0.29, 0.717) is 5.92 Å². The number of likely N-dealkylation sites (N-methyl/N-ethyl adjacent to an activating group) is 1. The first-order chi connectivity index (χ1) is 6.29. The molecular weight excluding hydrogens is 232 g/mol. The molecule has 1 atom stereocenters. The molecule has 1 aromatic heterocycles. The first-order valence-corrected chi connectivity index (χ1v) is 5.42. The van der Waals surface area contributed by atoms with Crippen molar-refractivity contribution in [2.75, 3.05) is 19.6 Å². The van der Waals surface area contributed by atoms with Crippen LogP contribution in [0.25, 0.3) is 0 Å². The maximum atomic E-state index is 5.44. The minimum Gasteiger partial charge on any atom is -0.434 e. The average molecular weight is 245 g/mol. The molecule has 72 valence electrons. The fourth-order valence-electron chi connectivity index (χ4n) is 1.78. The molecular formula is C9H13BrN2O. The van der Waals surface area contributed by atoms with Crippen LogP contribution in [0.1, 0.15) is 25.2 Å². The molecule has 0 amide bonds. The largest absolute Gasteiger partial charge is 0.434 e. The number of rotatable bonds is 2. The van der Waals surface area contributed by atoms with E-state index in [1.165, 1.54) is 13.0 Å². The predicted octanol–water partition coefficient (Wildman–Crippen LogP) is 2.25. The molecule has 2 rings (SSSR count). The number of hydrogen-bond donors (Lipinski definition) is 0. The molecule has 0 radical (unpaired) electrons. The van der Waals surface area contributed by atoms with Crippen LogP contribution in [0.2, 0.25) is 0 Å². The molecule has 1 aliphatic heterocycles. The van der Waals surface area contributed by atoms with E-state index < -0.39 is 0 Å². The molecule has 1 fully saturated rings. The van der Waals surface area contributed by atoms with Crippen LogP contribution in [0.3, 0.4) is 0 Å². The summed E-state index contributed by atoms with van der Waals surface area (Å²) in [5.74, 6) is 1.37. The Hall–Kier alpha value is -0.350. The van der Waals surface area contributed by atoms with Gasteiger partial charge < -0.3 is 9.32 Å². The molecule has 0 bridgehead atoms. The van der Waals surface area contributed by atoms with Crippen LogP contribution in [0.15, 0.2) is 15.3 Å². The first-order valence-electron chi connectivity index (χ1n) is 4.63. The summed E-state index contributed by atoms with van der Waals surface area (Å²) in [5, 5.41) is 0. The summed E-state index contributed by atoms with van der Waals surface area (Å²) < 4.78 is 6.17. The number of aromatic nitrogens is 1. The number of oxazole rings is 1. The van der Waals surface area contributed by atoms with Crippen LogP contribution in [0, 0.1) is 0 Å². The second kappa shape index (κ2) is 3.80. The highest BCUT2D eigenvalue weighted by atomic mass is 79.9. The lowest BCUT2D eigenvalue weighted by atomic mass is 10.1.